The van der Waals surface area contributed by atoms with Crippen LogP contribution in [0, 0.1) is 13.8 Å². The summed E-state index contributed by atoms with van der Waals surface area (Å²) in [5.74, 6) is 0.222. The van der Waals surface area contributed by atoms with E-state index in [1.54, 1.807) is 16.6 Å². The van der Waals surface area contributed by atoms with Crippen molar-refractivity contribution in [1.82, 2.24) is 9.61 Å². The Kier molecular flexibility index (Phi) is 7.15. The zero-order valence-corrected chi connectivity index (χ0v) is 21.5. The van der Waals surface area contributed by atoms with Gasteiger partial charge in [-0.05, 0) is 92.1 Å². The molecule has 5 nitrogen and oxygen atoms in total. The molecular weight excluding hydrogens is 491 g/mol. The van der Waals surface area contributed by atoms with Gasteiger partial charge in [0.15, 0.2) is 5.78 Å². The number of rotatable bonds is 7. The second-order valence-electron chi connectivity index (χ2n) is 9.96. The van der Waals surface area contributed by atoms with E-state index in [0.29, 0.717) is 24.3 Å². The average molecular weight is 522 g/mol. The van der Waals surface area contributed by atoms with Crippen molar-refractivity contribution in [3.8, 4) is 5.75 Å². The molecule has 0 unspecified atom stereocenters. The first-order valence-corrected chi connectivity index (χ1v) is 12.8. The fraction of sp³-hybridized carbons (Fsp3) is 0.333. The lowest BCUT2D eigenvalue weighted by Gasteiger charge is -2.34. The summed E-state index contributed by atoms with van der Waals surface area (Å²) in [7, 11) is 0. The Morgan fingerprint density at radius 1 is 1.00 bits per heavy atom. The smallest absolute Gasteiger partial charge is 0.406 e. The van der Waals surface area contributed by atoms with Crippen molar-refractivity contribution in [2.24, 2.45) is 0 Å². The van der Waals surface area contributed by atoms with Gasteiger partial charge < -0.3 is 9.64 Å². The third-order valence-electron chi connectivity index (χ3n) is 7.27. The number of pyridine rings is 1. The minimum atomic E-state index is -4.68. The number of carbonyl (C=O) groups is 1. The van der Waals surface area contributed by atoms with Gasteiger partial charge in [-0.1, -0.05) is 24.3 Å². The number of aryl methyl sites for hydroxylation is 3. The van der Waals surface area contributed by atoms with E-state index >= 15 is 0 Å². The number of aromatic nitrogens is 2. The largest absolute Gasteiger partial charge is 0.573 e. The highest BCUT2D eigenvalue weighted by atomic mass is 19.4. The predicted octanol–water partition coefficient (Wildman–Crippen LogP) is 7.05. The van der Waals surface area contributed by atoms with Gasteiger partial charge in [-0.15, -0.1) is 13.2 Å². The lowest BCUT2D eigenvalue weighted by Crippen LogP contribution is -2.32. The number of piperidine rings is 1. The van der Waals surface area contributed by atoms with E-state index in [1.165, 1.54) is 12.1 Å². The quantitative estimate of drug-likeness (QED) is 0.245. The van der Waals surface area contributed by atoms with Crippen LogP contribution in [0.1, 0.15) is 57.9 Å². The molecule has 4 aromatic rings. The Bertz CT molecular complexity index is 1420. The van der Waals surface area contributed by atoms with Crippen LogP contribution in [-0.2, 0) is 6.42 Å². The first kappa shape index (κ1) is 25.8. The van der Waals surface area contributed by atoms with E-state index in [2.05, 4.69) is 39.0 Å². The van der Waals surface area contributed by atoms with Gasteiger partial charge in [0.1, 0.15) is 5.75 Å². The van der Waals surface area contributed by atoms with Crippen LogP contribution in [0.5, 0.6) is 5.75 Å². The van der Waals surface area contributed by atoms with Gasteiger partial charge >= 0.3 is 6.36 Å². The Balaban J connectivity index is 1.15. The van der Waals surface area contributed by atoms with Gasteiger partial charge in [0, 0.05) is 31.4 Å². The van der Waals surface area contributed by atoms with Crippen molar-refractivity contribution in [2.75, 3.05) is 18.0 Å². The fourth-order valence-electron chi connectivity index (χ4n) is 5.28. The monoisotopic (exact) mass is 521 g/mol. The Labute approximate surface area is 219 Å². The lowest BCUT2D eigenvalue weighted by atomic mass is 9.89. The number of hydrogen-bond acceptors (Lipinski definition) is 4. The van der Waals surface area contributed by atoms with E-state index in [4.69, 9.17) is 0 Å². The number of alkyl halides is 3. The molecule has 198 valence electrons. The van der Waals surface area contributed by atoms with Crippen LogP contribution in [0.3, 0.4) is 0 Å². The summed E-state index contributed by atoms with van der Waals surface area (Å²) in [5.41, 5.74) is 6.71. The highest BCUT2D eigenvalue weighted by Crippen LogP contribution is 2.32. The van der Waals surface area contributed by atoms with E-state index in [1.807, 2.05) is 32.2 Å². The molecule has 3 heterocycles. The second-order valence-corrected chi connectivity index (χ2v) is 9.96. The predicted molar refractivity (Wildman–Crippen MR) is 141 cm³/mol. The molecule has 0 atom stereocenters. The lowest BCUT2D eigenvalue weighted by molar-refractivity contribution is -0.274. The van der Waals surface area contributed by atoms with Crippen molar-refractivity contribution in [1.29, 1.82) is 0 Å². The zero-order chi connectivity index (χ0) is 26.9. The van der Waals surface area contributed by atoms with Crippen LogP contribution >= 0.6 is 0 Å². The minimum Gasteiger partial charge on any atom is -0.406 e. The van der Waals surface area contributed by atoms with Crippen molar-refractivity contribution in [3.05, 3.63) is 94.8 Å². The number of halogens is 3. The summed E-state index contributed by atoms with van der Waals surface area (Å²) in [6.07, 6.45) is 0.151. The van der Waals surface area contributed by atoms with Gasteiger partial charge in [-0.2, -0.15) is 5.10 Å². The molecule has 0 aliphatic carbocycles. The maximum absolute atomic E-state index is 13.0. The molecule has 2 aromatic carbocycles. The van der Waals surface area contributed by atoms with E-state index in [0.717, 1.165) is 59.5 Å². The van der Waals surface area contributed by atoms with Crippen LogP contribution in [0.2, 0.25) is 0 Å². The Hall–Kier alpha value is -3.81. The summed E-state index contributed by atoms with van der Waals surface area (Å²) in [5, 5.41) is 4.48. The molecule has 0 radical (unpaired) electrons. The third kappa shape index (κ3) is 5.85. The van der Waals surface area contributed by atoms with Crippen molar-refractivity contribution in [2.45, 2.75) is 51.8 Å². The second kappa shape index (κ2) is 10.5. The number of ketones is 1. The van der Waals surface area contributed by atoms with Crippen LogP contribution in [-0.4, -0.2) is 34.8 Å². The van der Waals surface area contributed by atoms with Crippen LogP contribution in [0.4, 0.5) is 18.9 Å². The summed E-state index contributed by atoms with van der Waals surface area (Å²) in [6.45, 7) is 5.63. The molecule has 5 rings (SSSR count). The molecule has 0 bridgehead atoms. The zero-order valence-electron chi connectivity index (χ0n) is 21.5. The van der Waals surface area contributed by atoms with E-state index in [-0.39, 0.29) is 11.5 Å². The molecule has 2 aromatic heterocycles. The van der Waals surface area contributed by atoms with Gasteiger partial charge in [-0.3, -0.25) is 4.79 Å². The number of fused-ring (bicyclic) bond motifs is 1. The van der Waals surface area contributed by atoms with Crippen LogP contribution in [0.25, 0.3) is 5.52 Å². The van der Waals surface area contributed by atoms with Crippen molar-refractivity contribution >= 4 is 17.0 Å². The van der Waals surface area contributed by atoms with Crippen molar-refractivity contribution in [3.63, 3.8) is 0 Å². The fourth-order valence-corrected chi connectivity index (χ4v) is 5.28. The normalized spacial score (nSPS) is 14.7. The third-order valence-corrected chi connectivity index (χ3v) is 7.27. The summed E-state index contributed by atoms with van der Waals surface area (Å²) in [6, 6.07) is 18.6. The molecule has 1 aliphatic heterocycles. The summed E-state index contributed by atoms with van der Waals surface area (Å²) < 4.78 is 42.9. The SMILES string of the molecule is Cc1ccn2nc(C)c(C(=O)CCc3ccc(N4CCC(c5ccc(OC(F)(F)F)cc5)CC4)cc3)c2c1. The Morgan fingerprint density at radius 2 is 1.68 bits per heavy atom. The highest BCUT2D eigenvalue weighted by molar-refractivity contribution is 6.03. The first-order chi connectivity index (χ1) is 18.2. The van der Waals surface area contributed by atoms with Gasteiger partial charge in [0.2, 0.25) is 0 Å². The van der Waals surface area contributed by atoms with Gasteiger partial charge in [0.05, 0.1) is 16.8 Å². The number of carbonyl (C=O) groups excluding carboxylic acids is 1. The molecule has 8 heteroatoms. The summed E-state index contributed by atoms with van der Waals surface area (Å²) in [4.78, 5) is 15.4. The molecule has 1 fully saturated rings. The number of anilines is 1. The summed E-state index contributed by atoms with van der Waals surface area (Å²) >= 11 is 0. The molecular formula is C30H30F3N3O2. The average Bonchev–Trinajstić information content (AvgIpc) is 3.22. The number of nitrogens with zero attached hydrogens (tertiary/aromatic N) is 3. The maximum atomic E-state index is 13.0. The molecule has 0 N–H and O–H groups in total. The van der Waals surface area contributed by atoms with E-state index in [9.17, 15) is 18.0 Å². The number of ether oxygens (including phenoxy) is 1. The molecule has 1 saturated heterocycles. The molecule has 38 heavy (non-hydrogen) atoms. The molecule has 1 aliphatic rings. The maximum Gasteiger partial charge on any atom is 0.573 e. The number of hydrogen-bond donors (Lipinski definition) is 0. The molecule has 0 spiro atoms. The van der Waals surface area contributed by atoms with Crippen molar-refractivity contribution < 1.29 is 22.7 Å². The number of Topliss-reactive ketones (excluding diaryl/α,β-unsaturated/α-hetero) is 1. The Morgan fingerprint density at radius 3 is 2.34 bits per heavy atom. The first-order valence-electron chi connectivity index (χ1n) is 12.8. The van der Waals surface area contributed by atoms with E-state index < -0.39 is 6.36 Å². The topological polar surface area (TPSA) is 46.8 Å². The van der Waals surface area contributed by atoms with Gasteiger partial charge in [-0.25, -0.2) is 4.52 Å². The molecule has 0 amide bonds. The molecule has 0 saturated carbocycles. The van der Waals surface area contributed by atoms with Crippen LogP contribution in [0.15, 0.2) is 66.9 Å². The standard InChI is InChI=1S/C30H30F3N3O2/c1-20-13-18-36-27(19-20)29(21(2)34-36)28(37)12-5-22-3-8-25(9-4-22)35-16-14-24(15-17-35)23-6-10-26(11-7-23)38-30(31,32)33/h3-4,6-11,13,18-19,24H,5,12,14-17H2,1-2H3. The number of benzene rings is 2. The van der Waals surface area contributed by atoms with Crippen LogP contribution < -0.4 is 9.64 Å². The van der Waals surface area contributed by atoms with Gasteiger partial charge in [0.25, 0.3) is 0 Å². The minimum absolute atomic E-state index is 0.104. The highest BCUT2D eigenvalue weighted by Gasteiger charge is 2.31.